The van der Waals surface area contributed by atoms with E-state index in [2.05, 4.69) is 45.0 Å². The van der Waals surface area contributed by atoms with Gasteiger partial charge in [0.25, 0.3) is 0 Å². The van der Waals surface area contributed by atoms with Gasteiger partial charge < -0.3 is 9.80 Å². The molecular weight excluding hydrogens is 284 g/mol. The third-order valence-corrected chi connectivity index (χ3v) is 5.20. The van der Waals surface area contributed by atoms with Crippen molar-refractivity contribution in [2.45, 2.75) is 25.8 Å². The second-order valence-electron chi connectivity index (χ2n) is 7.17. The minimum absolute atomic E-state index is 0.944. The van der Waals surface area contributed by atoms with Crippen LogP contribution in [0.2, 0.25) is 0 Å². The number of hydrogen-bond acceptors (Lipinski definition) is 4. The highest BCUT2D eigenvalue weighted by molar-refractivity contribution is 5.81. The summed E-state index contributed by atoms with van der Waals surface area (Å²) in [6.07, 6.45) is 4.09. The topological polar surface area (TPSA) is 22.1 Å². The van der Waals surface area contributed by atoms with Gasteiger partial charge in [0.05, 0.1) is 6.54 Å². The molecule has 4 heteroatoms. The first kappa shape index (κ1) is 15.0. The molecule has 0 radical (unpaired) electrons. The second kappa shape index (κ2) is 6.91. The average Bonchev–Trinajstić information content (AvgIpc) is 3.32. The summed E-state index contributed by atoms with van der Waals surface area (Å²) in [6.45, 7) is 9.06. The summed E-state index contributed by atoms with van der Waals surface area (Å²) in [5.41, 5.74) is 1.43. The molecule has 124 valence electrons. The van der Waals surface area contributed by atoms with Crippen LogP contribution in [0.3, 0.4) is 0 Å². The number of hydrogen-bond donors (Lipinski definition) is 0. The molecule has 2 fully saturated rings. The SMILES string of the molecule is c1ccc(CN2CCCN(C3=NCCN3CC3CC3)CC2)cc1. The van der Waals surface area contributed by atoms with E-state index in [1.165, 1.54) is 43.9 Å². The van der Waals surface area contributed by atoms with Gasteiger partial charge in [-0.1, -0.05) is 30.3 Å². The van der Waals surface area contributed by atoms with E-state index in [-0.39, 0.29) is 0 Å². The molecule has 1 aliphatic carbocycles. The van der Waals surface area contributed by atoms with Gasteiger partial charge in [-0.3, -0.25) is 9.89 Å². The quantitative estimate of drug-likeness (QED) is 0.851. The third-order valence-electron chi connectivity index (χ3n) is 5.20. The van der Waals surface area contributed by atoms with Gasteiger partial charge in [-0.05, 0) is 30.7 Å². The Morgan fingerprint density at radius 3 is 2.65 bits per heavy atom. The Labute approximate surface area is 139 Å². The van der Waals surface area contributed by atoms with Gasteiger partial charge in [-0.2, -0.15) is 0 Å². The Kier molecular flexibility index (Phi) is 4.51. The smallest absolute Gasteiger partial charge is 0.196 e. The molecule has 3 aliphatic rings. The van der Waals surface area contributed by atoms with Crippen molar-refractivity contribution in [2.24, 2.45) is 10.9 Å². The van der Waals surface area contributed by atoms with Crippen LogP contribution in [0.4, 0.5) is 0 Å². The summed E-state index contributed by atoms with van der Waals surface area (Å²) in [7, 11) is 0. The first-order valence-corrected chi connectivity index (χ1v) is 9.19. The van der Waals surface area contributed by atoms with Gasteiger partial charge in [0.2, 0.25) is 0 Å². The Bertz CT molecular complexity index is 538. The van der Waals surface area contributed by atoms with Crippen molar-refractivity contribution in [1.82, 2.24) is 14.7 Å². The molecule has 2 heterocycles. The van der Waals surface area contributed by atoms with Crippen LogP contribution in [0.5, 0.6) is 0 Å². The molecule has 4 nitrogen and oxygen atoms in total. The molecule has 0 spiro atoms. The van der Waals surface area contributed by atoms with Gasteiger partial charge in [0, 0.05) is 45.8 Å². The summed E-state index contributed by atoms with van der Waals surface area (Å²) in [4.78, 5) is 12.5. The minimum Gasteiger partial charge on any atom is -0.342 e. The minimum atomic E-state index is 0.944. The van der Waals surface area contributed by atoms with E-state index in [1.807, 2.05) is 0 Å². The second-order valence-corrected chi connectivity index (χ2v) is 7.17. The predicted octanol–water partition coefficient (Wildman–Crippen LogP) is 2.28. The molecule has 1 saturated heterocycles. The van der Waals surface area contributed by atoms with E-state index in [1.54, 1.807) is 0 Å². The van der Waals surface area contributed by atoms with Crippen molar-refractivity contribution in [2.75, 3.05) is 45.8 Å². The molecule has 0 atom stereocenters. The molecule has 0 N–H and O–H groups in total. The third kappa shape index (κ3) is 3.86. The monoisotopic (exact) mass is 312 g/mol. The molecule has 1 aromatic rings. The van der Waals surface area contributed by atoms with E-state index in [9.17, 15) is 0 Å². The van der Waals surface area contributed by atoms with Crippen LogP contribution in [0.15, 0.2) is 35.3 Å². The fourth-order valence-corrected chi connectivity index (χ4v) is 3.73. The Morgan fingerprint density at radius 1 is 0.957 bits per heavy atom. The number of nitrogens with zero attached hydrogens (tertiary/aromatic N) is 4. The van der Waals surface area contributed by atoms with Crippen molar-refractivity contribution < 1.29 is 0 Å². The zero-order valence-corrected chi connectivity index (χ0v) is 14.0. The van der Waals surface area contributed by atoms with Crippen LogP contribution in [0.25, 0.3) is 0 Å². The van der Waals surface area contributed by atoms with Crippen molar-refractivity contribution in [3.63, 3.8) is 0 Å². The molecule has 1 saturated carbocycles. The van der Waals surface area contributed by atoms with Gasteiger partial charge in [0.1, 0.15) is 0 Å². The average molecular weight is 312 g/mol. The van der Waals surface area contributed by atoms with Crippen LogP contribution in [0.1, 0.15) is 24.8 Å². The summed E-state index contributed by atoms with van der Waals surface area (Å²) in [5.74, 6) is 2.23. The molecule has 0 bridgehead atoms. The highest BCUT2D eigenvalue weighted by atomic mass is 15.4. The zero-order valence-electron chi connectivity index (χ0n) is 14.0. The Balaban J connectivity index is 1.33. The number of benzene rings is 1. The van der Waals surface area contributed by atoms with Crippen molar-refractivity contribution in [3.05, 3.63) is 35.9 Å². The zero-order chi connectivity index (χ0) is 15.5. The van der Waals surface area contributed by atoms with E-state index in [0.717, 1.165) is 45.2 Å². The molecule has 0 amide bonds. The molecule has 0 aromatic heterocycles. The largest absolute Gasteiger partial charge is 0.342 e. The lowest BCUT2D eigenvalue weighted by molar-refractivity contribution is 0.273. The van der Waals surface area contributed by atoms with Gasteiger partial charge >= 0.3 is 0 Å². The first-order chi connectivity index (χ1) is 11.4. The Hall–Kier alpha value is -1.55. The molecule has 4 rings (SSSR count). The van der Waals surface area contributed by atoms with Gasteiger partial charge in [-0.15, -0.1) is 0 Å². The molecule has 1 aromatic carbocycles. The maximum Gasteiger partial charge on any atom is 0.196 e. The standard InChI is InChI=1S/C19H28N4/c1-2-5-17(6-3-1)15-21-10-4-11-22(14-13-21)19-20-9-12-23(19)16-18-7-8-18/h1-3,5-6,18H,4,7-16H2. The van der Waals surface area contributed by atoms with E-state index >= 15 is 0 Å². The van der Waals surface area contributed by atoms with Crippen molar-refractivity contribution in [1.29, 1.82) is 0 Å². The van der Waals surface area contributed by atoms with Crippen molar-refractivity contribution >= 4 is 5.96 Å². The fourth-order valence-electron chi connectivity index (χ4n) is 3.73. The van der Waals surface area contributed by atoms with E-state index < -0.39 is 0 Å². The maximum absolute atomic E-state index is 4.82. The van der Waals surface area contributed by atoms with Gasteiger partial charge in [0.15, 0.2) is 5.96 Å². The highest BCUT2D eigenvalue weighted by Gasteiger charge is 2.30. The van der Waals surface area contributed by atoms with Gasteiger partial charge in [-0.25, -0.2) is 0 Å². The van der Waals surface area contributed by atoms with Crippen LogP contribution in [0, 0.1) is 5.92 Å². The summed E-state index contributed by atoms with van der Waals surface area (Å²) in [5, 5.41) is 0. The van der Waals surface area contributed by atoms with E-state index in [4.69, 9.17) is 4.99 Å². The van der Waals surface area contributed by atoms with E-state index in [0.29, 0.717) is 0 Å². The molecule has 2 aliphatic heterocycles. The molecule has 23 heavy (non-hydrogen) atoms. The lowest BCUT2D eigenvalue weighted by Crippen LogP contribution is -2.44. The summed E-state index contributed by atoms with van der Waals surface area (Å²) < 4.78 is 0. The normalized spacial score (nSPS) is 23.0. The number of guanidine groups is 1. The predicted molar refractivity (Wildman–Crippen MR) is 94.5 cm³/mol. The maximum atomic E-state index is 4.82. The van der Waals surface area contributed by atoms with Crippen LogP contribution < -0.4 is 0 Å². The lowest BCUT2D eigenvalue weighted by Gasteiger charge is -2.30. The first-order valence-electron chi connectivity index (χ1n) is 9.19. The van der Waals surface area contributed by atoms with Crippen LogP contribution in [-0.2, 0) is 6.54 Å². The lowest BCUT2D eigenvalue weighted by atomic mass is 10.2. The number of aliphatic imine (C=N–C) groups is 1. The van der Waals surface area contributed by atoms with Crippen LogP contribution in [-0.4, -0.2) is 66.5 Å². The number of rotatable bonds is 4. The molecule has 0 unspecified atom stereocenters. The summed E-state index contributed by atoms with van der Waals surface area (Å²) >= 11 is 0. The van der Waals surface area contributed by atoms with Crippen molar-refractivity contribution in [3.8, 4) is 0 Å². The fraction of sp³-hybridized carbons (Fsp3) is 0.632. The Morgan fingerprint density at radius 2 is 1.83 bits per heavy atom. The highest BCUT2D eigenvalue weighted by Crippen LogP contribution is 2.30. The summed E-state index contributed by atoms with van der Waals surface area (Å²) in [6, 6.07) is 10.9. The molecular formula is C19H28N4. The van der Waals surface area contributed by atoms with Crippen LogP contribution >= 0.6 is 0 Å².